The molecule has 0 spiro atoms. The van der Waals surface area contributed by atoms with Gasteiger partial charge in [-0.25, -0.2) is 4.79 Å². The minimum Gasteiger partial charge on any atom is -0.506 e. The number of carboxylic acid groups (broad SMARTS) is 1. The Morgan fingerprint density at radius 3 is 2.28 bits per heavy atom. The van der Waals surface area contributed by atoms with Crippen LogP contribution in [0.5, 0.6) is 5.75 Å². The summed E-state index contributed by atoms with van der Waals surface area (Å²) in [4.78, 5) is 11.1. The summed E-state index contributed by atoms with van der Waals surface area (Å²) in [6.07, 6.45) is 0. The highest BCUT2D eigenvalue weighted by atomic mass is 79.9. The molecule has 102 valence electrons. The van der Waals surface area contributed by atoms with Crippen molar-refractivity contribution in [3.8, 4) is 5.75 Å². The average molecular weight is 339 g/mol. The number of rotatable bonds is 2. The van der Waals surface area contributed by atoms with Crippen LogP contribution in [0.2, 0.25) is 0 Å². The SMILES string of the molecule is CC(C)(C)[C@H](N)c1c(C(=O)O)ccc(Br)c1O.Cl. The van der Waals surface area contributed by atoms with Gasteiger partial charge in [-0.15, -0.1) is 12.4 Å². The second-order valence-electron chi connectivity index (χ2n) is 5.01. The highest BCUT2D eigenvalue weighted by Gasteiger charge is 2.29. The second kappa shape index (κ2) is 5.91. The molecule has 1 aromatic rings. The third-order valence-corrected chi connectivity index (χ3v) is 3.28. The van der Waals surface area contributed by atoms with Gasteiger partial charge in [0.15, 0.2) is 0 Å². The Morgan fingerprint density at radius 2 is 1.89 bits per heavy atom. The molecular weight excluding hydrogens is 321 g/mol. The Kier molecular flexibility index (Phi) is 5.65. The average Bonchev–Trinajstić information content (AvgIpc) is 2.19. The number of phenols is 1. The van der Waals surface area contributed by atoms with Gasteiger partial charge in [0, 0.05) is 11.6 Å². The normalized spacial score (nSPS) is 12.7. The van der Waals surface area contributed by atoms with Crippen LogP contribution in [0.15, 0.2) is 16.6 Å². The van der Waals surface area contributed by atoms with Crippen molar-refractivity contribution in [1.29, 1.82) is 0 Å². The number of benzene rings is 1. The van der Waals surface area contributed by atoms with E-state index < -0.39 is 12.0 Å². The molecule has 0 saturated carbocycles. The quantitative estimate of drug-likeness (QED) is 0.772. The molecule has 1 atom stereocenters. The van der Waals surface area contributed by atoms with E-state index in [0.717, 1.165) is 0 Å². The van der Waals surface area contributed by atoms with E-state index in [4.69, 9.17) is 10.8 Å². The first-order chi connectivity index (χ1) is 7.66. The molecule has 0 aliphatic carbocycles. The number of carbonyl (C=O) groups is 1. The highest BCUT2D eigenvalue weighted by Crippen LogP contribution is 2.40. The third kappa shape index (κ3) is 3.37. The van der Waals surface area contributed by atoms with E-state index in [1.807, 2.05) is 20.8 Å². The van der Waals surface area contributed by atoms with Crippen molar-refractivity contribution in [2.24, 2.45) is 11.1 Å². The molecule has 1 rings (SSSR count). The highest BCUT2D eigenvalue weighted by molar-refractivity contribution is 9.10. The fourth-order valence-electron chi connectivity index (χ4n) is 1.52. The number of hydrogen-bond acceptors (Lipinski definition) is 3. The molecule has 1 aromatic carbocycles. The number of aromatic carboxylic acids is 1. The minimum atomic E-state index is -1.09. The van der Waals surface area contributed by atoms with Crippen LogP contribution in [0.3, 0.4) is 0 Å². The number of phenolic OH excluding ortho intramolecular Hbond substituents is 1. The zero-order valence-corrected chi connectivity index (χ0v) is 12.8. The fraction of sp³-hybridized carbons (Fsp3) is 0.417. The Hall–Kier alpha value is -0.780. The number of aromatic hydroxyl groups is 1. The van der Waals surface area contributed by atoms with Crippen LogP contribution in [0, 0.1) is 5.41 Å². The van der Waals surface area contributed by atoms with Crippen LogP contribution in [-0.4, -0.2) is 16.2 Å². The smallest absolute Gasteiger partial charge is 0.336 e. The summed E-state index contributed by atoms with van der Waals surface area (Å²) in [6, 6.07) is 2.37. The predicted octanol–water partition coefficient (Wildman–Crippen LogP) is 3.32. The zero-order chi connectivity index (χ0) is 13.4. The summed E-state index contributed by atoms with van der Waals surface area (Å²) >= 11 is 3.17. The van der Waals surface area contributed by atoms with Crippen molar-refractivity contribution in [3.05, 3.63) is 27.7 Å². The molecule has 0 aliphatic heterocycles. The van der Waals surface area contributed by atoms with Crippen molar-refractivity contribution < 1.29 is 15.0 Å². The Balaban J connectivity index is 0.00000289. The molecule has 0 fully saturated rings. The van der Waals surface area contributed by atoms with E-state index in [2.05, 4.69) is 15.9 Å². The van der Waals surface area contributed by atoms with E-state index in [-0.39, 0.29) is 34.7 Å². The van der Waals surface area contributed by atoms with Gasteiger partial charge in [0.05, 0.1) is 10.0 Å². The topological polar surface area (TPSA) is 83.6 Å². The molecule has 4 N–H and O–H groups in total. The van der Waals surface area contributed by atoms with Crippen LogP contribution >= 0.6 is 28.3 Å². The number of halogens is 2. The van der Waals surface area contributed by atoms with E-state index in [1.54, 1.807) is 0 Å². The Bertz CT molecular complexity index is 457. The number of nitrogens with two attached hydrogens (primary N) is 1. The van der Waals surface area contributed by atoms with E-state index in [0.29, 0.717) is 4.47 Å². The lowest BCUT2D eigenvalue weighted by molar-refractivity contribution is 0.0693. The van der Waals surface area contributed by atoms with Gasteiger partial charge in [-0.1, -0.05) is 20.8 Å². The number of carboxylic acids is 1. The third-order valence-electron chi connectivity index (χ3n) is 2.64. The van der Waals surface area contributed by atoms with Crippen LogP contribution < -0.4 is 5.73 Å². The van der Waals surface area contributed by atoms with Crippen molar-refractivity contribution in [2.45, 2.75) is 26.8 Å². The second-order valence-corrected chi connectivity index (χ2v) is 5.86. The summed E-state index contributed by atoms with van der Waals surface area (Å²) < 4.78 is 0.442. The lowest BCUT2D eigenvalue weighted by Gasteiger charge is -2.29. The van der Waals surface area contributed by atoms with Crippen LogP contribution in [0.1, 0.15) is 42.7 Å². The summed E-state index contributed by atoms with van der Waals surface area (Å²) in [5.41, 5.74) is 5.99. The molecule has 0 unspecified atom stereocenters. The number of hydrogen-bond donors (Lipinski definition) is 3. The maximum atomic E-state index is 11.1. The van der Waals surface area contributed by atoms with Crippen molar-refractivity contribution in [3.63, 3.8) is 0 Å². The van der Waals surface area contributed by atoms with Gasteiger partial charge in [0.25, 0.3) is 0 Å². The predicted molar refractivity (Wildman–Crippen MR) is 76.4 cm³/mol. The molecule has 0 radical (unpaired) electrons. The first-order valence-electron chi connectivity index (χ1n) is 5.16. The van der Waals surface area contributed by atoms with Crippen LogP contribution in [0.25, 0.3) is 0 Å². The largest absolute Gasteiger partial charge is 0.506 e. The molecule has 0 aliphatic rings. The molecule has 18 heavy (non-hydrogen) atoms. The van der Waals surface area contributed by atoms with Crippen molar-refractivity contribution in [1.82, 2.24) is 0 Å². The molecule has 0 heterocycles. The van der Waals surface area contributed by atoms with Gasteiger partial charge >= 0.3 is 5.97 Å². The van der Waals surface area contributed by atoms with E-state index in [1.165, 1.54) is 12.1 Å². The molecule has 0 amide bonds. The Morgan fingerprint density at radius 1 is 1.39 bits per heavy atom. The fourth-order valence-corrected chi connectivity index (χ4v) is 1.86. The summed E-state index contributed by atoms with van der Waals surface area (Å²) in [5, 5.41) is 19.1. The van der Waals surface area contributed by atoms with Crippen molar-refractivity contribution >= 4 is 34.3 Å². The van der Waals surface area contributed by atoms with Crippen LogP contribution in [0.4, 0.5) is 0 Å². The zero-order valence-electron chi connectivity index (χ0n) is 10.4. The maximum absolute atomic E-state index is 11.1. The lowest BCUT2D eigenvalue weighted by atomic mass is 9.81. The summed E-state index contributed by atoms with van der Waals surface area (Å²) in [5.74, 6) is -1.20. The minimum absolute atomic E-state index is 0. The van der Waals surface area contributed by atoms with Crippen LogP contribution in [-0.2, 0) is 0 Å². The van der Waals surface area contributed by atoms with E-state index in [9.17, 15) is 9.90 Å². The van der Waals surface area contributed by atoms with Gasteiger partial charge < -0.3 is 15.9 Å². The first-order valence-corrected chi connectivity index (χ1v) is 5.95. The van der Waals surface area contributed by atoms with Crippen molar-refractivity contribution in [2.75, 3.05) is 0 Å². The van der Waals surface area contributed by atoms with Gasteiger partial charge in [-0.05, 0) is 33.5 Å². The molecular formula is C12H17BrClNO3. The van der Waals surface area contributed by atoms with Gasteiger partial charge in [-0.2, -0.15) is 0 Å². The molecule has 0 bridgehead atoms. The van der Waals surface area contributed by atoms with Gasteiger partial charge in [0.2, 0.25) is 0 Å². The van der Waals surface area contributed by atoms with Gasteiger partial charge in [0.1, 0.15) is 5.75 Å². The first kappa shape index (κ1) is 17.2. The molecule has 4 nitrogen and oxygen atoms in total. The molecule has 0 aromatic heterocycles. The Labute approximate surface area is 121 Å². The summed E-state index contributed by atoms with van der Waals surface area (Å²) in [7, 11) is 0. The standard InChI is InChI=1S/C12H16BrNO3.ClH/c1-12(2,3)10(14)8-6(11(16)17)4-5-7(13)9(8)15;/h4-5,10,15H,14H2,1-3H3,(H,16,17);1H/t10-;/m1./s1. The molecule has 0 saturated heterocycles. The summed E-state index contributed by atoms with van der Waals surface area (Å²) in [6.45, 7) is 5.68. The maximum Gasteiger partial charge on any atom is 0.336 e. The van der Waals surface area contributed by atoms with Gasteiger partial charge in [-0.3, -0.25) is 0 Å². The monoisotopic (exact) mass is 337 g/mol. The molecule has 6 heteroatoms. The lowest BCUT2D eigenvalue weighted by Crippen LogP contribution is -2.28. The van der Waals surface area contributed by atoms with E-state index >= 15 is 0 Å².